The molecule has 0 aromatic carbocycles. The summed E-state index contributed by atoms with van der Waals surface area (Å²) in [6.45, 7) is 7.92. The summed E-state index contributed by atoms with van der Waals surface area (Å²) in [5.41, 5.74) is 2.34. The smallest absolute Gasteiger partial charge is 0.346 e. The summed E-state index contributed by atoms with van der Waals surface area (Å²) in [6.07, 6.45) is 8.52. The molecule has 1 saturated heterocycles. The van der Waals surface area contributed by atoms with Gasteiger partial charge in [-0.25, -0.2) is 4.79 Å². The second-order valence-corrected chi connectivity index (χ2v) is 11.4. The number of likely N-dealkylation sites (tertiary alicyclic amines) is 1. The Labute approximate surface area is 222 Å². The van der Waals surface area contributed by atoms with E-state index in [1.165, 1.54) is 17.3 Å². The van der Waals surface area contributed by atoms with Gasteiger partial charge in [-0.2, -0.15) is 9.97 Å². The zero-order chi connectivity index (χ0) is 26.0. The summed E-state index contributed by atoms with van der Waals surface area (Å²) in [5, 5.41) is 6.73. The van der Waals surface area contributed by atoms with Gasteiger partial charge in [0.2, 0.25) is 5.95 Å². The van der Waals surface area contributed by atoms with Gasteiger partial charge in [0.1, 0.15) is 16.5 Å². The Morgan fingerprint density at radius 3 is 2.86 bits per heavy atom. The fraction of sp³-hybridized carbons (Fsp3) is 0.538. The summed E-state index contributed by atoms with van der Waals surface area (Å²) in [7, 11) is 4.35. The minimum atomic E-state index is -0.674. The van der Waals surface area contributed by atoms with Crippen molar-refractivity contribution in [2.75, 3.05) is 55.5 Å². The van der Waals surface area contributed by atoms with Gasteiger partial charge in [0.15, 0.2) is 4.99 Å². The molecule has 2 aromatic rings. The Bertz CT molecular complexity index is 1150. The average Bonchev–Trinajstić information content (AvgIpc) is 3.48. The molecule has 3 aliphatic heterocycles. The van der Waals surface area contributed by atoms with Crippen LogP contribution < -0.4 is 20.4 Å². The Morgan fingerprint density at radius 1 is 1.32 bits per heavy atom. The van der Waals surface area contributed by atoms with Gasteiger partial charge in [-0.1, -0.05) is 17.8 Å². The summed E-state index contributed by atoms with van der Waals surface area (Å²) < 4.78 is 5.18. The molecule has 3 aliphatic rings. The highest BCUT2D eigenvalue weighted by Crippen LogP contribution is 2.39. The minimum Gasteiger partial charge on any atom is -0.462 e. The predicted molar refractivity (Wildman–Crippen MR) is 147 cm³/mol. The minimum absolute atomic E-state index is 0.328. The van der Waals surface area contributed by atoms with Crippen molar-refractivity contribution in [1.29, 1.82) is 0 Å². The highest BCUT2D eigenvalue weighted by Gasteiger charge is 2.36. The van der Waals surface area contributed by atoms with Crippen LogP contribution in [0.3, 0.4) is 0 Å². The van der Waals surface area contributed by atoms with Gasteiger partial charge in [-0.15, -0.1) is 0 Å². The number of nitrogens with one attached hydrogen (secondary N) is 2. The summed E-state index contributed by atoms with van der Waals surface area (Å²) in [4.78, 5) is 33.5. The van der Waals surface area contributed by atoms with Crippen LogP contribution in [0.25, 0.3) is 0 Å². The molecule has 0 aliphatic carbocycles. The van der Waals surface area contributed by atoms with Gasteiger partial charge in [0, 0.05) is 50.3 Å². The molecule has 2 N–H and O–H groups in total. The van der Waals surface area contributed by atoms with E-state index in [4.69, 9.17) is 14.7 Å². The molecule has 198 valence electrons. The number of hydrogen-bond acceptors (Lipinski definition) is 11. The summed E-state index contributed by atoms with van der Waals surface area (Å²) >= 11 is 1.38. The van der Waals surface area contributed by atoms with Crippen LogP contribution in [0.2, 0.25) is 0 Å². The molecular weight excluding hydrogens is 488 g/mol. The van der Waals surface area contributed by atoms with E-state index in [0.29, 0.717) is 23.5 Å². The maximum Gasteiger partial charge on any atom is 0.346 e. The van der Waals surface area contributed by atoms with Gasteiger partial charge in [-0.05, 0) is 64.9 Å². The molecule has 0 saturated carbocycles. The topological polar surface area (TPSA) is 98.7 Å². The molecule has 0 spiro atoms. The number of aromatic nitrogens is 3. The molecule has 0 amide bonds. The molecule has 5 rings (SSSR count). The van der Waals surface area contributed by atoms with Crippen molar-refractivity contribution < 1.29 is 9.53 Å². The quantitative estimate of drug-likeness (QED) is 0.499. The molecule has 1 fully saturated rings. The lowest BCUT2D eigenvalue weighted by atomic mass is 10.0. The first-order valence-electron chi connectivity index (χ1n) is 12.9. The van der Waals surface area contributed by atoms with Crippen molar-refractivity contribution in [3.8, 4) is 0 Å². The second-order valence-electron chi connectivity index (χ2n) is 9.98. The third-order valence-corrected chi connectivity index (χ3v) is 8.31. The van der Waals surface area contributed by atoms with E-state index >= 15 is 0 Å². The summed E-state index contributed by atoms with van der Waals surface area (Å²) in [5.74, 6) is 2.15. The van der Waals surface area contributed by atoms with Crippen LogP contribution in [0.4, 0.5) is 17.6 Å². The van der Waals surface area contributed by atoms with E-state index in [1.807, 2.05) is 19.2 Å². The van der Waals surface area contributed by atoms with E-state index in [9.17, 15) is 4.79 Å². The molecule has 1 unspecified atom stereocenters. The van der Waals surface area contributed by atoms with E-state index < -0.39 is 4.99 Å². The lowest BCUT2D eigenvalue weighted by Gasteiger charge is -2.36. The number of nitrogens with zero attached hydrogens (tertiary/aromatic N) is 6. The number of carbonyl (C=O) groups is 1. The second kappa shape index (κ2) is 10.7. The molecule has 10 nitrogen and oxygen atoms in total. The Kier molecular flexibility index (Phi) is 7.43. The first-order valence-corrected chi connectivity index (χ1v) is 13.7. The van der Waals surface area contributed by atoms with Crippen LogP contribution in [0.15, 0.2) is 35.6 Å². The number of esters is 1. The highest BCUT2D eigenvalue weighted by atomic mass is 32.2. The van der Waals surface area contributed by atoms with Crippen LogP contribution in [0.1, 0.15) is 37.8 Å². The van der Waals surface area contributed by atoms with Gasteiger partial charge in [0.25, 0.3) is 0 Å². The fourth-order valence-electron chi connectivity index (χ4n) is 5.13. The van der Waals surface area contributed by atoms with Gasteiger partial charge in [0.05, 0.1) is 6.61 Å². The van der Waals surface area contributed by atoms with E-state index in [-0.39, 0.29) is 5.97 Å². The van der Waals surface area contributed by atoms with Crippen molar-refractivity contribution in [1.82, 2.24) is 25.2 Å². The molecule has 0 bridgehead atoms. The van der Waals surface area contributed by atoms with Crippen LogP contribution in [0, 0.1) is 0 Å². The number of anilines is 3. The number of thioether (sulfide) groups is 1. The SMILES string of the molecule is CCOC(=O)C1=CNC(C)(Nc2nc3c(c(N(C)C4CCN(C)CC4)n2)CCN3Cc2cccnc2)S1. The van der Waals surface area contributed by atoms with Gasteiger partial charge < -0.3 is 30.1 Å². The van der Waals surface area contributed by atoms with Gasteiger partial charge >= 0.3 is 5.97 Å². The van der Waals surface area contributed by atoms with Crippen molar-refractivity contribution in [2.45, 2.75) is 50.7 Å². The van der Waals surface area contributed by atoms with Gasteiger partial charge in [-0.3, -0.25) is 4.98 Å². The van der Waals surface area contributed by atoms with Crippen molar-refractivity contribution in [2.24, 2.45) is 0 Å². The number of piperidine rings is 1. The normalized spacial score (nSPS) is 21.8. The lowest BCUT2D eigenvalue weighted by Crippen LogP contribution is -2.43. The molecule has 1 atom stereocenters. The van der Waals surface area contributed by atoms with Crippen LogP contribution in [-0.4, -0.2) is 77.2 Å². The largest absolute Gasteiger partial charge is 0.462 e. The standard InChI is InChI=1S/C26H36N8O2S/c1-5-36-24(35)21-16-28-26(2,37-21)31-25-29-22(33(4)19-8-12-32(3)13-9-19)20-10-14-34(23(20)30-25)17-18-7-6-11-27-15-18/h6-7,11,15-16,19,28H,5,8-10,12-14,17H2,1-4H3,(H,29,30,31). The first-order chi connectivity index (χ1) is 17.8. The Morgan fingerprint density at radius 2 is 2.14 bits per heavy atom. The number of carbonyl (C=O) groups excluding carboxylic acids is 1. The highest BCUT2D eigenvalue weighted by molar-refractivity contribution is 8.05. The molecule has 37 heavy (non-hydrogen) atoms. The van der Waals surface area contributed by atoms with E-state index in [2.05, 4.69) is 50.5 Å². The number of ether oxygens (including phenoxy) is 1. The zero-order valence-corrected chi connectivity index (χ0v) is 22.8. The molecule has 0 radical (unpaired) electrons. The number of fused-ring (bicyclic) bond motifs is 1. The third kappa shape index (κ3) is 5.62. The Balaban J connectivity index is 1.43. The Hall–Kier alpha value is -3.05. The monoisotopic (exact) mass is 524 g/mol. The number of hydrogen-bond donors (Lipinski definition) is 2. The van der Waals surface area contributed by atoms with Crippen LogP contribution in [-0.2, 0) is 22.5 Å². The van der Waals surface area contributed by atoms with Crippen molar-refractivity contribution in [3.63, 3.8) is 0 Å². The average molecular weight is 525 g/mol. The zero-order valence-electron chi connectivity index (χ0n) is 22.0. The molecule has 11 heteroatoms. The number of pyridine rings is 1. The first kappa shape index (κ1) is 25.6. The third-order valence-electron chi connectivity index (χ3n) is 7.18. The lowest BCUT2D eigenvalue weighted by molar-refractivity contribution is -0.137. The molecule has 2 aromatic heterocycles. The van der Waals surface area contributed by atoms with Crippen molar-refractivity contribution >= 4 is 35.3 Å². The molecule has 5 heterocycles. The van der Waals surface area contributed by atoms with E-state index in [0.717, 1.165) is 62.6 Å². The maximum absolute atomic E-state index is 12.3. The van der Waals surface area contributed by atoms with Crippen LogP contribution >= 0.6 is 11.8 Å². The maximum atomic E-state index is 12.3. The summed E-state index contributed by atoms with van der Waals surface area (Å²) in [6, 6.07) is 4.50. The fourth-order valence-corrected chi connectivity index (χ4v) is 6.09. The van der Waals surface area contributed by atoms with E-state index in [1.54, 1.807) is 19.3 Å². The predicted octanol–water partition coefficient (Wildman–Crippen LogP) is 2.79. The molecular formula is C26H36N8O2S. The van der Waals surface area contributed by atoms with Crippen molar-refractivity contribution in [3.05, 3.63) is 46.8 Å². The van der Waals surface area contributed by atoms with Crippen LogP contribution in [0.5, 0.6) is 0 Å². The number of rotatable bonds is 8.